The minimum absolute atomic E-state index is 0.372. The summed E-state index contributed by atoms with van der Waals surface area (Å²) in [6.45, 7) is 0. The second-order valence-electron chi connectivity index (χ2n) is 2.38. The maximum absolute atomic E-state index is 5.08. The van der Waals surface area contributed by atoms with Crippen LogP contribution < -0.4 is 14.5 Å². The molecule has 0 unspecified atom stereocenters. The fourth-order valence-electron chi connectivity index (χ4n) is 1.07. The molecule has 2 aromatic rings. The summed E-state index contributed by atoms with van der Waals surface area (Å²) in [6, 6.07) is 0.372. The van der Waals surface area contributed by atoms with Gasteiger partial charge in [0.25, 0.3) is 0 Å². The van der Waals surface area contributed by atoms with Crippen molar-refractivity contribution in [3.63, 3.8) is 0 Å². The number of nitrogens with zero attached hydrogens (tertiary/aromatic N) is 2. The van der Waals surface area contributed by atoms with E-state index in [1.54, 1.807) is 13.4 Å². The Hall–Kier alpha value is -1.85. The van der Waals surface area contributed by atoms with Gasteiger partial charge in [0.15, 0.2) is 5.52 Å². The van der Waals surface area contributed by atoms with Gasteiger partial charge in [-0.15, -0.1) is 0 Å². The van der Waals surface area contributed by atoms with Crippen LogP contribution in [0.15, 0.2) is 6.33 Å². The van der Waals surface area contributed by atoms with Gasteiger partial charge in [-0.1, -0.05) is 0 Å². The maximum Gasteiger partial charge on any atom is 0.501 e. The van der Waals surface area contributed by atoms with Crippen molar-refractivity contribution in [1.29, 1.82) is 0 Å². The summed E-state index contributed by atoms with van der Waals surface area (Å²) < 4.78 is 10.0. The first kappa shape index (κ1) is 7.78. The molecule has 68 valence electrons. The van der Waals surface area contributed by atoms with Crippen LogP contribution in [0.5, 0.6) is 11.9 Å². The lowest BCUT2D eigenvalue weighted by Gasteiger charge is -1.95. The molecule has 0 spiro atoms. The third-order valence-electron chi connectivity index (χ3n) is 1.67. The van der Waals surface area contributed by atoms with Gasteiger partial charge in [0, 0.05) is 4.98 Å². The van der Waals surface area contributed by atoms with Crippen LogP contribution in [-0.4, -0.2) is 29.2 Å². The zero-order valence-corrected chi connectivity index (χ0v) is 7.29. The zero-order chi connectivity index (χ0) is 9.26. The minimum Gasteiger partial charge on any atom is -0.464 e. The van der Waals surface area contributed by atoms with Crippen molar-refractivity contribution in [2.75, 3.05) is 14.2 Å². The number of aromatic nitrogens is 4. The average molecular weight is 181 g/mol. The normalized spacial score (nSPS) is 10.3. The summed E-state index contributed by atoms with van der Waals surface area (Å²) in [5.41, 5.74) is 1.29. The Balaban J connectivity index is 2.70. The van der Waals surface area contributed by atoms with E-state index in [1.807, 2.05) is 0 Å². The van der Waals surface area contributed by atoms with Gasteiger partial charge in [-0.2, -0.15) is 9.97 Å². The number of ether oxygens (including phenoxy) is 2. The number of hydrogen-bond donors (Lipinski definition) is 1. The van der Waals surface area contributed by atoms with Crippen molar-refractivity contribution in [3.8, 4) is 11.9 Å². The first-order valence-electron chi connectivity index (χ1n) is 3.69. The predicted molar refractivity (Wildman–Crippen MR) is 43.5 cm³/mol. The molecule has 2 heterocycles. The molecule has 0 aliphatic heterocycles. The monoisotopic (exact) mass is 181 g/mol. The number of methoxy groups -OCH3 is 2. The molecule has 0 aliphatic rings. The molecule has 2 N–H and O–H groups in total. The first-order chi connectivity index (χ1) is 6.35. The number of imidazole rings is 1. The Morgan fingerprint density at radius 3 is 2.92 bits per heavy atom. The molecule has 0 saturated carbocycles. The fraction of sp³-hybridized carbons (Fsp3) is 0.286. The summed E-state index contributed by atoms with van der Waals surface area (Å²) in [5.74, 6) is 0.555. The fourth-order valence-corrected chi connectivity index (χ4v) is 1.07. The van der Waals surface area contributed by atoms with Crippen LogP contribution >= 0.6 is 0 Å². The first-order valence-corrected chi connectivity index (χ1v) is 3.69. The molecule has 0 aromatic carbocycles. The summed E-state index contributed by atoms with van der Waals surface area (Å²) in [4.78, 5) is 13.8. The van der Waals surface area contributed by atoms with Crippen LogP contribution in [0.3, 0.4) is 0 Å². The van der Waals surface area contributed by atoms with E-state index in [-0.39, 0.29) is 0 Å². The summed E-state index contributed by atoms with van der Waals surface area (Å²) in [6.07, 6.45) is 1.55. The maximum atomic E-state index is 5.08. The molecule has 6 nitrogen and oxygen atoms in total. The standard InChI is InChI=1S/C7H8N4O2/c1-12-6-4-5(9-3-8-4)10-7(11-6)13-2/h3H,1-2H3,(H,8,9,10,11)/p+1. The van der Waals surface area contributed by atoms with Gasteiger partial charge in [-0.3, -0.25) is 0 Å². The van der Waals surface area contributed by atoms with Crippen molar-refractivity contribution in [3.05, 3.63) is 6.33 Å². The van der Waals surface area contributed by atoms with Crippen LogP contribution in [0.25, 0.3) is 11.2 Å². The molecule has 2 rings (SSSR count). The number of H-pyrrole nitrogens is 2. The van der Waals surface area contributed by atoms with E-state index < -0.39 is 0 Å². The van der Waals surface area contributed by atoms with Crippen molar-refractivity contribution < 1.29 is 14.5 Å². The quantitative estimate of drug-likeness (QED) is 0.695. The summed E-state index contributed by atoms with van der Waals surface area (Å²) >= 11 is 0. The second kappa shape index (κ2) is 2.89. The van der Waals surface area contributed by atoms with Crippen molar-refractivity contribution >= 4 is 11.2 Å². The molecule has 0 bridgehead atoms. The highest BCUT2D eigenvalue weighted by Gasteiger charge is 2.17. The van der Waals surface area contributed by atoms with E-state index in [9.17, 15) is 0 Å². The van der Waals surface area contributed by atoms with Gasteiger partial charge in [0.1, 0.15) is 0 Å². The van der Waals surface area contributed by atoms with Crippen LogP contribution in [0, 0.1) is 0 Å². The topological polar surface area (TPSA) is 74.2 Å². The molecule has 0 saturated heterocycles. The lowest BCUT2D eigenvalue weighted by Crippen LogP contribution is -2.13. The van der Waals surface area contributed by atoms with E-state index in [0.717, 1.165) is 5.52 Å². The molecule has 0 amide bonds. The Bertz CT molecular complexity index is 425. The highest BCUT2D eigenvalue weighted by molar-refractivity contribution is 5.73. The lowest BCUT2D eigenvalue weighted by molar-refractivity contribution is -0.409. The van der Waals surface area contributed by atoms with Gasteiger partial charge < -0.3 is 14.5 Å². The third kappa shape index (κ3) is 1.16. The molecule has 2 aromatic heterocycles. The molecule has 6 heteroatoms. The van der Waals surface area contributed by atoms with Gasteiger partial charge in [-0.25, -0.2) is 0 Å². The molecule has 0 atom stereocenters. The van der Waals surface area contributed by atoms with Gasteiger partial charge in [-0.05, 0) is 0 Å². The second-order valence-corrected chi connectivity index (χ2v) is 2.38. The molecule has 13 heavy (non-hydrogen) atoms. The molecule has 0 fully saturated rings. The van der Waals surface area contributed by atoms with E-state index in [2.05, 4.69) is 19.9 Å². The van der Waals surface area contributed by atoms with Crippen LogP contribution in [-0.2, 0) is 0 Å². The van der Waals surface area contributed by atoms with Crippen molar-refractivity contribution in [2.45, 2.75) is 0 Å². The SMILES string of the molecule is COc1nc2nc[nH]c2c(OC)[nH+]1. The van der Waals surface area contributed by atoms with Crippen molar-refractivity contribution in [2.24, 2.45) is 0 Å². The highest BCUT2D eigenvalue weighted by atomic mass is 16.5. The average Bonchev–Trinajstić information content (AvgIpc) is 2.63. The minimum atomic E-state index is 0.372. The van der Waals surface area contributed by atoms with Crippen LogP contribution in [0.2, 0.25) is 0 Å². The number of hydrogen-bond acceptors (Lipinski definition) is 4. The van der Waals surface area contributed by atoms with E-state index in [0.29, 0.717) is 17.5 Å². The molecule has 0 radical (unpaired) electrons. The molecule has 0 aliphatic carbocycles. The van der Waals surface area contributed by atoms with Crippen molar-refractivity contribution in [1.82, 2.24) is 15.0 Å². The summed E-state index contributed by atoms with van der Waals surface area (Å²) in [5, 5.41) is 0. The smallest absolute Gasteiger partial charge is 0.464 e. The highest BCUT2D eigenvalue weighted by Crippen LogP contribution is 2.16. The Morgan fingerprint density at radius 1 is 1.38 bits per heavy atom. The number of rotatable bonds is 2. The third-order valence-corrected chi connectivity index (χ3v) is 1.67. The van der Waals surface area contributed by atoms with Gasteiger partial charge in [0.2, 0.25) is 0 Å². The van der Waals surface area contributed by atoms with Crippen LogP contribution in [0.1, 0.15) is 0 Å². The van der Waals surface area contributed by atoms with E-state index in [4.69, 9.17) is 9.47 Å². The molecular weight excluding hydrogens is 172 g/mol. The van der Waals surface area contributed by atoms with Crippen LogP contribution in [0.4, 0.5) is 0 Å². The van der Waals surface area contributed by atoms with E-state index >= 15 is 0 Å². The lowest BCUT2D eigenvalue weighted by atomic mass is 10.5. The Labute approximate surface area is 73.9 Å². The Kier molecular flexibility index (Phi) is 1.73. The zero-order valence-electron chi connectivity index (χ0n) is 7.29. The Morgan fingerprint density at radius 2 is 2.23 bits per heavy atom. The molecular formula is C7H9N4O2+. The van der Waals surface area contributed by atoms with E-state index in [1.165, 1.54) is 7.11 Å². The van der Waals surface area contributed by atoms with Gasteiger partial charge >= 0.3 is 17.5 Å². The predicted octanol–water partition coefficient (Wildman–Crippen LogP) is -0.211. The largest absolute Gasteiger partial charge is 0.501 e. The van der Waals surface area contributed by atoms with Gasteiger partial charge in [0.05, 0.1) is 20.5 Å². The summed E-state index contributed by atoms with van der Waals surface area (Å²) in [7, 11) is 3.09. The number of nitrogens with one attached hydrogen (secondary N) is 2. The number of aromatic amines is 2. The number of fused-ring (bicyclic) bond motifs is 1.